The first-order valence-electron chi connectivity index (χ1n) is 6.19. The molecule has 23 heavy (non-hydrogen) atoms. The second-order valence-electron chi connectivity index (χ2n) is 5.11. The molecule has 0 aromatic heterocycles. The predicted molar refractivity (Wildman–Crippen MR) is 65.6 cm³/mol. The first-order chi connectivity index (χ1) is 10.2. The van der Waals surface area contributed by atoms with Gasteiger partial charge in [-0.2, -0.15) is 39.0 Å². The maximum absolute atomic E-state index is 12.9. The Morgan fingerprint density at radius 1 is 1.04 bits per heavy atom. The Bertz CT molecular complexity index is 681. The highest BCUT2D eigenvalue weighted by molar-refractivity contribution is 7.86. The minimum absolute atomic E-state index is 0.541. The molecular formula is C12H11F6NO3S. The van der Waals surface area contributed by atoms with Crippen molar-refractivity contribution in [2.45, 2.75) is 42.7 Å². The lowest BCUT2D eigenvalue weighted by Crippen LogP contribution is -2.50. The van der Waals surface area contributed by atoms with Crippen LogP contribution >= 0.6 is 0 Å². The number of hydrogen-bond donors (Lipinski definition) is 0. The SMILES string of the molecule is Cc1ccc(S(=O)(=O)ON2C(C)C2(C(F)(F)F)C(F)(F)F)cc1. The maximum Gasteiger partial charge on any atom is 0.419 e. The van der Waals surface area contributed by atoms with Crippen LogP contribution in [0.4, 0.5) is 26.3 Å². The summed E-state index contributed by atoms with van der Waals surface area (Å²) in [5.74, 6) is 0. The van der Waals surface area contributed by atoms with Crippen LogP contribution in [-0.2, 0) is 14.4 Å². The van der Waals surface area contributed by atoms with Crippen molar-refractivity contribution in [3.8, 4) is 0 Å². The Labute approximate surface area is 127 Å². The minimum Gasteiger partial charge on any atom is -0.192 e. The van der Waals surface area contributed by atoms with Gasteiger partial charge in [0.25, 0.3) is 5.54 Å². The van der Waals surface area contributed by atoms with Crippen LogP contribution < -0.4 is 0 Å². The smallest absolute Gasteiger partial charge is 0.192 e. The summed E-state index contributed by atoms with van der Waals surface area (Å²) in [4.78, 5) is -0.541. The molecule has 2 atom stereocenters. The number of alkyl halides is 6. The molecule has 0 saturated carbocycles. The lowest BCUT2D eigenvalue weighted by molar-refractivity contribution is -0.295. The van der Waals surface area contributed by atoms with Gasteiger partial charge in [0.15, 0.2) is 0 Å². The fraction of sp³-hybridized carbons (Fsp3) is 0.500. The Hall–Kier alpha value is -1.33. The van der Waals surface area contributed by atoms with E-state index in [9.17, 15) is 34.8 Å². The summed E-state index contributed by atoms with van der Waals surface area (Å²) in [6.45, 7) is 2.22. The van der Waals surface area contributed by atoms with Crippen molar-refractivity contribution in [2.75, 3.05) is 0 Å². The van der Waals surface area contributed by atoms with Gasteiger partial charge in [0.05, 0.1) is 10.9 Å². The van der Waals surface area contributed by atoms with E-state index >= 15 is 0 Å². The molecule has 4 nitrogen and oxygen atoms in total. The third-order valence-corrected chi connectivity index (χ3v) is 4.80. The fourth-order valence-electron chi connectivity index (χ4n) is 2.26. The molecule has 130 valence electrons. The zero-order valence-corrected chi connectivity index (χ0v) is 12.6. The average Bonchev–Trinajstić information content (AvgIpc) is 2.94. The Morgan fingerprint density at radius 3 is 1.83 bits per heavy atom. The van der Waals surface area contributed by atoms with Crippen molar-refractivity contribution < 1.29 is 39.0 Å². The van der Waals surface area contributed by atoms with Crippen LogP contribution in [0.1, 0.15) is 12.5 Å². The molecule has 2 unspecified atom stereocenters. The molecule has 1 aromatic carbocycles. The summed E-state index contributed by atoms with van der Waals surface area (Å²) < 4.78 is 105. The number of hydroxylamine groups is 2. The van der Waals surface area contributed by atoms with Gasteiger partial charge in [0.1, 0.15) is 0 Å². The highest BCUT2D eigenvalue weighted by Crippen LogP contribution is 2.61. The number of benzene rings is 1. The van der Waals surface area contributed by atoms with E-state index in [1.165, 1.54) is 12.1 Å². The summed E-state index contributed by atoms with van der Waals surface area (Å²) in [6.07, 6.45) is -11.5. The molecule has 0 spiro atoms. The quantitative estimate of drug-likeness (QED) is 0.611. The molecule has 2 rings (SSSR count). The van der Waals surface area contributed by atoms with E-state index in [2.05, 4.69) is 4.28 Å². The standard InChI is InChI=1S/C12H11F6NO3S/c1-7-3-5-9(6-4-7)23(20,21)22-19-8(2)10(19,11(13,14)15)12(16,17)18/h3-6,8H,1-2H3. The van der Waals surface area contributed by atoms with Gasteiger partial charge < -0.3 is 0 Å². The monoisotopic (exact) mass is 363 g/mol. The second kappa shape index (κ2) is 5.08. The van der Waals surface area contributed by atoms with Crippen LogP contribution in [0.25, 0.3) is 0 Å². The van der Waals surface area contributed by atoms with E-state index in [-0.39, 0.29) is 0 Å². The molecule has 0 aliphatic carbocycles. The summed E-state index contributed by atoms with van der Waals surface area (Å²) in [6, 6.07) is 2.51. The number of halogens is 6. The highest BCUT2D eigenvalue weighted by atomic mass is 32.2. The van der Waals surface area contributed by atoms with Crippen molar-refractivity contribution in [2.24, 2.45) is 0 Å². The van der Waals surface area contributed by atoms with Gasteiger partial charge in [-0.3, -0.25) is 0 Å². The van der Waals surface area contributed by atoms with Gasteiger partial charge in [0, 0.05) is 0 Å². The van der Waals surface area contributed by atoms with Crippen LogP contribution in [-0.4, -0.2) is 37.4 Å². The van der Waals surface area contributed by atoms with Crippen molar-refractivity contribution >= 4 is 10.1 Å². The number of hydrogen-bond acceptors (Lipinski definition) is 4. The number of nitrogens with zero attached hydrogens (tertiary/aromatic N) is 1. The largest absolute Gasteiger partial charge is 0.419 e. The summed E-state index contributed by atoms with van der Waals surface area (Å²) in [5.41, 5.74) is -3.68. The minimum atomic E-state index is -5.74. The summed E-state index contributed by atoms with van der Waals surface area (Å²) >= 11 is 0. The molecule has 1 aliphatic rings. The van der Waals surface area contributed by atoms with E-state index in [1.807, 2.05) is 0 Å². The van der Waals surface area contributed by atoms with Crippen molar-refractivity contribution in [3.05, 3.63) is 29.8 Å². The van der Waals surface area contributed by atoms with Crippen LogP contribution in [0.2, 0.25) is 0 Å². The topological polar surface area (TPSA) is 46.4 Å². The Kier molecular flexibility index (Phi) is 3.98. The average molecular weight is 363 g/mol. The normalized spacial score (nSPS) is 24.5. The van der Waals surface area contributed by atoms with Gasteiger partial charge in [-0.1, -0.05) is 17.7 Å². The summed E-state index contributed by atoms with van der Waals surface area (Å²) in [5, 5.41) is -0.581. The molecule has 1 aromatic rings. The first-order valence-corrected chi connectivity index (χ1v) is 7.60. The van der Waals surface area contributed by atoms with E-state index < -0.39 is 44.0 Å². The zero-order valence-electron chi connectivity index (χ0n) is 11.7. The zero-order chi connectivity index (χ0) is 17.8. The van der Waals surface area contributed by atoms with E-state index in [4.69, 9.17) is 0 Å². The third kappa shape index (κ3) is 2.70. The van der Waals surface area contributed by atoms with Crippen LogP contribution in [0.5, 0.6) is 0 Å². The molecule has 0 N–H and O–H groups in total. The predicted octanol–water partition coefficient (Wildman–Crippen LogP) is 3.18. The van der Waals surface area contributed by atoms with Gasteiger partial charge >= 0.3 is 22.5 Å². The molecule has 0 bridgehead atoms. The molecule has 1 saturated heterocycles. The van der Waals surface area contributed by atoms with Crippen molar-refractivity contribution in [1.29, 1.82) is 0 Å². The van der Waals surface area contributed by atoms with Gasteiger partial charge in [-0.25, -0.2) is 0 Å². The molecule has 0 amide bonds. The summed E-state index contributed by atoms with van der Waals surface area (Å²) in [7, 11) is -4.81. The first kappa shape index (κ1) is 18.0. The Morgan fingerprint density at radius 2 is 1.48 bits per heavy atom. The maximum atomic E-state index is 12.9. The molecular weight excluding hydrogens is 352 g/mol. The van der Waals surface area contributed by atoms with Crippen molar-refractivity contribution in [3.63, 3.8) is 0 Å². The lowest BCUT2D eigenvalue weighted by atomic mass is 10.1. The van der Waals surface area contributed by atoms with E-state index in [0.717, 1.165) is 12.1 Å². The number of aryl methyl sites for hydroxylation is 1. The van der Waals surface area contributed by atoms with Crippen LogP contribution in [0.3, 0.4) is 0 Å². The van der Waals surface area contributed by atoms with E-state index in [0.29, 0.717) is 12.5 Å². The van der Waals surface area contributed by atoms with Crippen molar-refractivity contribution in [1.82, 2.24) is 5.06 Å². The molecule has 1 aliphatic heterocycles. The lowest BCUT2D eigenvalue weighted by Gasteiger charge is -2.23. The second-order valence-corrected chi connectivity index (χ2v) is 6.63. The molecule has 0 radical (unpaired) electrons. The van der Waals surface area contributed by atoms with E-state index in [1.54, 1.807) is 6.92 Å². The van der Waals surface area contributed by atoms with Crippen LogP contribution in [0, 0.1) is 6.92 Å². The molecule has 1 heterocycles. The Balaban J connectivity index is 2.35. The third-order valence-electron chi connectivity index (χ3n) is 3.59. The van der Waals surface area contributed by atoms with Gasteiger partial charge in [-0.15, -0.1) is 5.06 Å². The van der Waals surface area contributed by atoms with Crippen LogP contribution in [0.15, 0.2) is 29.2 Å². The molecule has 11 heteroatoms. The highest BCUT2D eigenvalue weighted by Gasteiger charge is 2.90. The van der Waals surface area contributed by atoms with Gasteiger partial charge in [-0.05, 0) is 26.0 Å². The molecule has 1 fully saturated rings. The number of rotatable bonds is 3. The fourth-order valence-corrected chi connectivity index (χ4v) is 3.27. The van der Waals surface area contributed by atoms with Gasteiger partial charge in [0.2, 0.25) is 0 Å².